The van der Waals surface area contributed by atoms with E-state index in [1.807, 2.05) is 13.0 Å². The molecule has 7 nitrogen and oxygen atoms in total. The van der Waals surface area contributed by atoms with E-state index in [0.717, 1.165) is 18.4 Å². The van der Waals surface area contributed by atoms with E-state index in [4.69, 9.17) is 9.15 Å². The van der Waals surface area contributed by atoms with Crippen molar-refractivity contribution in [1.82, 2.24) is 0 Å². The summed E-state index contributed by atoms with van der Waals surface area (Å²) in [6.07, 6.45) is 8.31. The third-order valence-corrected chi connectivity index (χ3v) is 9.09. The summed E-state index contributed by atoms with van der Waals surface area (Å²) in [5.41, 5.74) is -0.933. The molecule has 3 saturated carbocycles. The van der Waals surface area contributed by atoms with Gasteiger partial charge in [0.2, 0.25) is 11.5 Å². The molecule has 1 aromatic heterocycles. The predicted molar refractivity (Wildman–Crippen MR) is 117 cm³/mol. The summed E-state index contributed by atoms with van der Waals surface area (Å²) in [6.45, 7) is 3.24. The fourth-order valence-electron chi connectivity index (χ4n) is 7.62. The maximum Gasteiger partial charge on any atom is 0.375 e. The number of hydrogen-bond donors (Lipinski definition) is 2. The third kappa shape index (κ3) is 3.05. The monoisotopic (exact) mass is 454 g/mol. The summed E-state index contributed by atoms with van der Waals surface area (Å²) in [6, 6.07) is 3.05. The Morgan fingerprint density at radius 1 is 1.27 bits per heavy atom. The van der Waals surface area contributed by atoms with Crippen molar-refractivity contribution in [2.24, 2.45) is 35.0 Å². The molecule has 1 heterocycles. The van der Waals surface area contributed by atoms with Gasteiger partial charge in [0.15, 0.2) is 11.4 Å². The molecule has 0 radical (unpaired) electrons. The van der Waals surface area contributed by atoms with E-state index in [1.165, 1.54) is 12.3 Å². The Labute approximate surface area is 192 Å². The molecule has 0 bridgehead atoms. The average molecular weight is 455 g/mol. The normalized spacial score (nSPS) is 41.6. The highest BCUT2D eigenvalue weighted by atomic mass is 16.6. The van der Waals surface area contributed by atoms with Gasteiger partial charge in [-0.25, -0.2) is 4.79 Å². The van der Waals surface area contributed by atoms with Crippen LogP contribution in [0.15, 0.2) is 46.6 Å². The van der Waals surface area contributed by atoms with E-state index in [1.54, 1.807) is 18.2 Å². The van der Waals surface area contributed by atoms with E-state index in [2.05, 4.69) is 6.92 Å². The molecule has 0 aromatic carbocycles. The molecule has 176 valence electrons. The largest absolute Gasteiger partial charge is 0.457 e. The molecule has 0 aliphatic heterocycles. The standard InChI is InChI=1S/C26H30O7/c1-14-10-17-19-7-5-15-11-16(28)6-8-18(15)25(19,2)22(29)12-20(17)26(14,23(30)13-27)33-24(31)21-4-3-9-32-21/h3-4,6,8-9,11,14,17-20,22,27,29H,5,7,10,12-13H2,1-2H3/t14-,17+,18+,19+,20+,22+,25-,26-/m1/s1. The van der Waals surface area contributed by atoms with Gasteiger partial charge in [0, 0.05) is 23.2 Å². The SMILES string of the molecule is C[C@@H]1C[C@@H]2[C@H](C[C@H](O)[C@]3(C)[C@H]4C=CC(=O)C=C4CC[C@@H]23)[C@@]1(OC(=O)c1ccco1)C(=O)CO. The van der Waals surface area contributed by atoms with Crippen molar-refractivity contribution in [3.63, 3.8) is 0 Å². The first kappa shape index (κ1) is 22.3. The lowest BCUT2D eigenvalue weighted by molar-refractivity contribution is -0.169. The summed E-state index contributed by atoms with van der Waals surface area (Å²) < 4.78 is 11.1. The van der Waals surface area contributed by atoms with Crippen molar-refractivity contribution in [3.05, 3.63) is 48.0 Å². The highest BCUT2D eigenvalue weighted by Gasteiger charge is 2.68. The smallest absolute Gasteiger partial charge is 0.375 e. The van der Waals surface area contributed by atoms with Crippen LogP contribution in [0.4, 0.5) is 0 Å². The van der Waals surface area contributed by atoms with Gasteiger partial charge in [0.05, 0.1) is 12.4 Å². The number of Topliss-reactive ketones (excluding diaryl/α,β-unsaturated/α-hetero) is 1. The number of rotatable bonds is 4. The molecular formula is C26H30O7. The summed E-state index contributed by atoms with van der Waals surface area (Å²) in [5.74, 6) is -1.91. The zero-order chi connectivity index (χ0) is 23.5. The van der Waals surface area contributed by atoms with Gasteiger partial charge in [-0.1, -0.05) is 25.5 Å². The minimum absolute atomic E-state index is 0.00131. The maximum atomic E-state index is 13.2. The molecule has 0 unspecified atom stereocenters. The van der Waals surface area contributed by atoms with Gasteiger partial charge in [-0.05, 0) is 61.8 Å². The number of aliphatic hydroxyl groups is 2. The topological polar surface area (TPSA) is 114 Å². The van der Waals surface area contributed by atoms with Crippen LogP contribution in [0, 0.1) is 35.0 Å². The summed E-state index contributed by atoms with van der Waals surface area (Å²) in [5, 5.41) is 21.4. The molecule has 4 aliphatic carbocycles. The van der Waals surface area contributed by atoms with Crippen LogP contribution in [0.1, 0.15) is 50.1 Å². The number of ether oxygens (including phenoxy) is 1. The van der Waals surface area contributed by atoms with Gasteiger partial charge >= 0.3 is 5.97 Å². The molecular weight excluding hydrogens is 424 g/mol. The molecule has 3 fully saturated rings. The van der Waals surface area contributed by atoms with E-state index < -0.39 is 41.4 Å². The number of carbonyl (C=O) groups is 3. The van der Waals surface area contributed by atoms with Crippen LogP contribution >= 0.6 is 0 Å². The summed E-state index contributed by atoms with van der Waals surface area (Å²) in [4.78, 5) is 38.1. The van der Waals surface area contributed by atoms with E-state index >= 15 is 0 Å². The Morgan fingerprint density at radius 2 is 2.06 bits per heavy atom. The van der Waals surface area contributed by atoms with Crippen molar-refractivity contribution in [3.8, 4) is 0 Å². The minimum atomic E-state index is -1.51. The van der Waals surface area contributed by atoms with Crippen molar-refractivity contribution in [2.45, 2.75) is 51.2 Å². The van der Waals surface area contributed by atoms with Gasteiger partial charge in [0.1, 0.15) is 6.61 Å². The zero-order valence-electron chi connectivity index (χ0n) is 18.9. The van der Waals surface area contributed by atoms with E-state index in [0.29, 0.717) is 6.42 Å². The number of allylic oxidation sites excluding steroid dienone is 4. The molecule has 5 rings (SSSR count). The number of esters is 1. The van der Waals surface area contributed by atoms with Crippen molar-refractivity contribution in [1.29, 1.82) is 0 Å². The highest BCUT2D eigenvalue weighted by Crippen LogP contribution is 2.65. The summed E-state index contributed by atoms with van der Waals surface area (Å²) >= 11 is 0. The lowest BCUT2D eigenvalue weighted by atomic mass is 9.47. The fraction of sp³-hybridized carbons (Fsp3) is 0.577. The Hall–Kier alpha value is -2.51. The highest BCUT2D eigenvalue weighted by molar-refractivity contribution is 6.01. The Balaban J connectivity index is 1.53. The molecule has 0 saturated heterocycles. The Morgan fingerprint density at radius 3 is 2.76 bits per heavy atom. The van der Waals surface area contributed by atoms with Crippen LogP contribution in [-0.4, -0.2) is 46.1 Å². The lowest BCUT2D eigenvalue weighted by Crippen LogP contribution is -2.61. The Kier molecular flexibility index (Phi) is 5.25. The molecule has 33 heavy (non-hydrogen) atoms. The number of hydrogen-bond acceptors (Lipinski definition) is 7. The first-order valence-corrected chi connectivity index (χ1v) is 11.7. The van der Waals surface area contributed by atoms with Gasteiger partial charge < -0.3 is 19.4 Å². The third-order valence-electron chi connectivity index (χ3n) is 9.09. The van der Waals surface area contributed by atoms with Crippen LogP contribution in [0.5, 0.6) is 0 Å². The zero-order valence-corrected chi connectivity index (χ0v) is 18.9. The lowest BCUT2D eigenvalue weighted by Gasteiger charge is -2.58. The van der Waals surface area contributed by atoms with Crippen LogP contribution in [0.25, 0.3) is 0 Å². The molecule has 8 atom stereocenters. The van der Waals surface area contributed by atoms with E-state index in [9.17, 15) is 24.6 Å². The number of fused-ring (bicyclic) bond motifs is 5. The van der Waals surface area contributed by atoms with E-state index in [-0.39, 0.29) is 41.6 Å². The quantitative estimate of drug-likeness (QED) is 0.673. The molecule has 0 amide bonds. The van der Waals surface area contributed by atoms with Crippen molar-refractivity contribution < 1.29 is 33.8 Å². The van der Waals surface area contributed by atoms with Crippen molar-refractivity contribution >= 4 is 17.5 Å². The first-order chi connectivity index (χ1) is 15.7. The molecule has 2 N–H and O–H groups in total. The molecule has 4 aliphatic rings. The Bertz CT molecular complexity index is 1040. The number of ketones is 2. The predicted octanol–water partition coefficient (Wildman–Crippen LogP) is 2.87. The van der Waals surface area contributed by atoms with Gasteiger partial charge in [-0.3, -0.25) is 9.59 Å². The second-order valence-corrected chi connectivity index (χ2v) is 10.4. The minimum Gasteiger partial charge on any atom is -0.457 e. The fourth-order valence-corrected chi connectivity index (χ4v) is 7.62. The van der Waals surface area contributed by atoms with Gasteiger partial charge in [-0.15, -0.1) is 0 Å². The summed E-state index contributed by atoms with van der Waals surface area (Å²) in [7, 11) is 0. The molecule has 0 spiro atoms. The van der Waals surface area contributed by atoms with Crippen LogP contribution in [0.2, 0.25) is 0 Å². The second kappa shape index (κ2) is 7.77. The number of aliphatic hydroxyl groups excluding tert-OH is 2. The van der Waals surface area contributed by atoms with Gasteiger partial charge in [-0.2, -0.15) is 0 Å². The molecule has 1 aromatic rings. The molecule has 7 heteroatoms. The van der Waals surface area contributed by atoms with Crippen LogP contribution in [-0.2, 0) is 14.3 Å². The van der Waals surface area contributed by atoms with Gasteiger partial charge in [0.25, 0.3) is 0 Å². The number of furan rings is 1. The second-order valence-electron chi connectivity index (χ2n) is 10.4. The first-order valence-electron chi connectivity index (χ1n) is 11.7. The number of carbonyl (C=O) groups excluding carboxylic acids is 3. The van der Waals surface area contributed by atoms with Crippen molar-refractivity contribution in [2.75, 3.05) is 6.61 Å². The van der Waals surface area contributed by atoms with Crippen LogP contribution in [0.3, 0.4) is 0 Å². The average Bonchev–Trinajstić information content (AvgIpc) is 3.42. The maximum absolute atomic E-state index is 13.2. The van der Waals surface area contributed by atoms with Crippen LogP contribution < -0.4 is 0 Å².